The lowest BCUT2D eigenvalue weighted by molar-refractivity contribution is 0.00162. The zero-order valence-electron chi connectivity index (χ0n) is 22.1. The third-order valence-corrected chi connectivity index (χ3v) is 11.0. The van der Waals surface area contributed by atoms with Crippen LogP contribution >= 0.6 is 0 Å². The van der Waals surface area contributed by atoms with Crippen LogP contribution < -0.4 is 5.32 Å². The maximum atomic E-state index is 4.07. The lowest BCUT2D eigenvalue weighted by Gasteiger charge is -2.50. The van der Waals surface area contributed by atoms with Crippen molar-refractivity contribution in [3.8, 4) is 0 Å². The maximum absolute atomic E-state index is 4.07. The van der Waals surface area contributed by atoms with Crippen molar-refractivity contribution in [3.05, 3.63) is 0 Å². The second-order valence-electron chi connectivity index (χ2n) is 13.3. The molecule has 0 aromatic rings. The lowest BCUT2D eigenvalue weighted by Crippen LogP contribution is -2.52. The molecule has 2 unspecified atom stereocenters. The zero-order chi connectivity index (χ0) is 22.5. The average molecular weight is 457 g/mol. The van der Waals surface area contributed by atoms with E-state index >= 15 is 0 Å². The predicted octanol–water partition coefficient (Wildman–Crippen LogP) is 8.24. The van der Waals surface area contributed by atoms with Crippen LogP contribution in [0.2, 0.25) is 0 Å². The summed E-state index contributed by atoms with van der Waals surface area (Å²) in [6, 6.07) is 4.46. The molecule has 0 bridgehead atoms. The standard InChI is InChI=1S/C31H56N2/c1-24-9-8-14-31(23-24)33(29-12-6-3-7-13-29)30-21-17-26(18-22-30)25-15-19-28(20-16-25)32-27-10-4-2-5-11-27/h24-32H,2-23H2,1H3. The molecule has 0 saturated heterocycles. The number of hydrogen-bond acceptors (Lipinski definition) is 2. The number of nitrogens with zero attached hydrogens (tertiary/aromatic N) is 1. The highest BCUT2D eigenvalue weighted by Gasteiger charge is 2.38. The van der Waals surface area contributed by atoms with Gasteiger partial charge in [-0.15, -0.1) is 0 Å². The Morgan fingerprint density at radius 2 is 0.970 bits per heavy atom. The van der Waals surface area contributed by atoms with Crippen molar-refractivity contribution in [1.82, 2.24) is 10.2 Å². The Morgan fingerprint density at radius 1 is 0.455 bits per heavy atom. The first-order valence-corrected chi connectivity index (χ1v) is 15.8. The Labute approximate surface area is 206 Å². The van der Waals surface area contributed by atoms with E-state index in [-0.39, 0.29) is 0 Å². The van der Waals surface area contributed by atoms with Gasteiger partial charge in [-0.25, -0.2) is 0 Å². The van der Waals surface area contributed by atoms with Crippen LogP contribution in [-0.2, 0) is 0 Å². The quantitative estimate of drug-likeness (QED) is 0.433. The second-order valence-corrected chi connectivity index (χ2v) is 13.3. The van der Waals surface area contributed by atoms with Gasteiger partial charge in [0.25, 0.3) is 0 Å². The molecule has 5 fully saturated rings. The van der Waals surface area contributed by atoms with Crippen molar-refractivity contribution in [3.63, 3.8) is 0 Å². The molecule has 2 atom stereocenters. The van der Waals surface area contributed by atoms with Gasteiger partial charge in [-0.3, -0.25) is 4.90 Å². The Bertz CT molecular complexity index is 547. The van der Waals surface area contributed by atoms with Crippen molar-refractivity contribution < 1.29 is 0 Å². The van der Waals surface area contributed by atoms with Crippen LogP contribution in [0.25, 0.3) is 0 Å². The van der Waals surface area contributed by atoms with Gasteiger partial charge < -0.3 is 5.32 Å². The summed E-state index contributed by atoms with van der Waals surface area (Å²) >= 11 is 0. The van der Waals surface area contributed by atoms with Crippen LogP contribution in [0.3, 0.4) is 0 Å². The van der Waals surface area contributed by atoms with Gasteiger partial charge in [0, 0.05) is 30.2 Å². The minimum Gasteiger partial charge on any atom is -0.311 e. The summed E-state index contributed by atoms with van der Waals surface area (Å²) < 4.78 is 0. The minimum absolute atomic E-state index is 0.843. The SMILES string of the molecule is CC1CCCC(N(C2CCCCC2)C2CCC(C3CCC(NC4CCCCC4)CC3)CC2)C1. The number of rotatable bonds is 6. The number of hydrogen-bond donors (Lipinski definition) is 1. The molecule has 5 aliphatic rings. The van der Waals surface area contributed by atoms with Gasteiger partial charge >= 0.3 is 0 Å². The summed E-state index contributed by atoms with van der Waals surface area (Å²) in [7, 11) is 0. The van der Waals surface area contributed by atoms with E-state index in [1.165, 1.54) is 128 Å². The molecule has 5 aliphatic carbocycles. The largest absolute Gasteiger partial charge is 0.311 e. The highest BCUT2D eigenvalue weighted by atomic mass is 15.2. The van der Waals surface area contributed by atoms with E-state index in [0.717, 1.165) is 48.0 Å². The van der Waals surface area contributed by atoms with Crippen molar-refractivity contribution in [1.29, 1.82) is 0 Å². The Hall–Kier alpha value is -0.0800. The first-order valence-electron chi connectivity index (χ1n) is 15.8. The molecule has 2 nitrogen and oxygen atoms in total. The van der Waals surface area contributed by atoms with E-state index in [1.54, 1.807) is 12.8 Å². The Morgan fingerprint density at radius 3 is 1.61 bits per heavy atom. The third-order valence-electron chi connectivity index (χ3n) is 11.0. The highest BCUT2D eigenvalue weighted by Crippen LogP contribution is 2.43. The molecule has 33 heavy (non-hydrogen) atoms. The van der Waals surface area contributed by atoms with Crippen LogP contribution in [0.15, 0.2) is 0 Å². The molecule has 5 rings (SSSR count). The molecule has 5 saturated carbocycles. The molecule has 0 aliphatic heterocycles. The van der Waals surface area contributed by atoms with E-state index in [1.807, 2.05) is 0 Å². The average Bonchev–Trinajstić information content (AvgIpc) is 2.87. The summed E-state index contributed by atoms with van der Waals surface area (Å²) in [4.78, 5) is 3.18. The fourth-order valence-corrected chi connectivity index (χ4v) is 9.18. The fourth-order valence-electron chi connectivity index (χ4n) is 9.18. The number of nitrogens with one attached hydrogen (secondary N) is 1. The molecule has 0 heterocycles. The smallest absolute Gasteiger partial charge is 0.0104 e. The van der Waals surface area contributed by atoms with Crippen molar-refractivity contribution in [2.45, 2.75) is 178 Å². The summed E-state index contributed by atoms with van der Waals surface area (Å²) in [6.07, 6.45) is 32.9. The third kappa shape index (κ3) is 6.58. The predicted molar refractivity (Wildman–Crippen MR) is 142 cm³/mol. The van der Waals surface area contributed by atoms with Gasteiger partial charge in [0.2, 0.25) is 0 Å². The first-order chi connectivity index (χ1) is 16.3. The molecule has 0 aromatic heterocycles. The second kappa shape index (κ2) is 12.2. The minimum atomic E-state index is 0.843. The molecular weight excluding hydrogens is 400 g/mol. The summed E-state index contributed by atoms with van der Waals surface area (Å²) in [6.45, 7) is 2.53. The molecule has 0 aromatic carbocycles. The van der Waals surface area contributed by atoms with Gasteiger partial charge in [-0.05, 0) is 108 Å². The highest BCUT2D eigenvalue weighted by molar-refractivity contribution is 4.93. The molecule has 1 N–H and O–H groups in total. The molecule has 0 radical (unpaired) electrons. The zero-order valence-corrected chi connectivity index (χ0v) is 22.1. The first kappa shape index (κ1) is 24.6. The molecule has 2 heteroatoms. The molecule has 190 valence electrons. The van der Waals surface area contributed by atoms with Crippen LogP contribution in [-0.4, -0.2) is 35.1 Å². The van der Waals surface area contributed by atoms with Crippen LogP contribution in [0, 0.1) is 17.8 Å². The lowest BCUT2D eigenvalue weighted by atomic mass is 9.70. The maximum Gasteiger partial charge on any atom is 0.0104 e. The summed E-state index contributed by atoms with van der Waals surface area (Å²) in [5, 5.41) is 4.07. The Kier molecular flexibility index (Phi) is 9.13. The van der Waals surface area contributed by atoms with Gasteiger partial charge in [0.05, 0.1) is 0 Å². The summed E-state index contributed by atoms with van der Waals surface area (Å²) in [5.74, 6) is 3.06. The van der Waals surface area contributed by atoms with E-state index in [0.29, 0.717) is 0 Å². The van der Waals surface area contributed by atoms with Crippen molar-refractivity contribution in [2.24, 2.45) is 17.8 Å². The Balaban J connectivity index is 1.11. The van der Waals surface area contributed by atoms with Crippen molar-refractivity contribution in [2.75, 3.05) is 0 Å². The fraction of sp³-hybridized carbons (Fsp3) is 1.00. The molecule has 0 amide bonds. The topological polar surface area (TPSA) is 15.3 Å². The van der Waals surface area contributed by atoms with E-state index in [4.69, 9.17) is 0 Å². The van der Waals surface area contributed by atoms with E-state index < -0.39 is 0 Å². The van der Waals surface area contributed by atoms with Crippen LogP contribution in [0.1, 0.15) is 148 Å². The summed E-state index contributed by atoms with van der Waals surface area (Å²) in [5.41, 5.74) is 0. The van der Waals surface area contributed by atoms with Crippen LogP contribution in [0.4, 0.5) is 0 Å². The van der Waals surface area contributed by atoms with Crippen molar-refractivity contribution >= 4 is 0 Å². The van der Waals surface area contributed by atoms with E-state index in [2.05, 4.69) is 17.1 Å². The van der Waals surface area contributed by atoms with E-state index in [9.17, 15) is 0 Å². The van der Waals surface area contributed by atoms with Gasteiger partial charge in [-0.1, -0.05) is 58.3 Å². The monoisotopic (exact) mass is 456 g/mol. The molecular formula is C31H56N2. The van der Waals surface area contributed by atoms with Crippen LogP contribution in [0.5, 0.6) is 0 Å². The van der Waals surface area contributed by atoms with Gasteiger partial charge in [0.15, 0.2) is 0 Å². The normalized spacial score (nSPS) is 40.2. The van der Waals surface area contributed by atoms with Gasteiger partial charge in [0.1, 0.15) is 0 Å². The molecule has 0 spiro atoms. The van der Waals surface area contributed by atoms with Gasteiger partial charge in [-0.2, -0.15) is 0 Å².